The van der Waals surface area contributed by atoms with Crippen molar-refractivity contribution in [1.82, 2.24) is 14.5 Å². The summed E-state index contributed by atoms with van der Waals surface area (Å²) in [5, 5.41) is 0.619. The number of thioether (sulfide) groups is 1. The molecule has 0 radical (unpaired) electrons. The van der Waals surface area contributed by atoms with Crippen molar-refractivity contribution in [2.24, 2.45) is 0 Å². The van der Waals surface area contributed by atoms with Gasteiger partial charge in [-0.05, 0) is 30.5 Å². The fourth-order valence-corrected chi connectivity index (χ4v) is 5.52. The van der Waals surface area contributed by atoms with Crippen LogP contribution in [0.1, 0.15) is 23.7 Å². The molecule has 5 rings (SSSR count). The van der Waals surface area contributed by atoms with E-state index >= 15 is 0 Å². The van der Waals surface area contributed by atoms with Crippen LogP contribution in [0, 0.1) is 0 Å². The van der Waals surface area contributed by atoms with E-state index in [2.05, 4.69) is 0 Å². The highest BCUT2D eigenvalue weighted by atomic mass is 32.2. The van der Waals surface area contributed by atoms with Crippen molar-refractivity contribution < 1.29 is 14.3 Å². The second-order valence-electron chi connectivity index (χ2n) is 8.31. The molecule has 2 aliphatic rings. The molecule has 2 atom stereocenters. The summed E-state index contributed by atoms with van der Waals surface area (Å²) in [5.74, 6) is 0.0144. The summed E-state index contributed by atoms with van der Waals surface area (Å²) < 4.78 is 13.0. The third-order valence-electron chi connectivity index (χ3n) is 6.11. The van der Waals surface area contributed by atoms with Crippen LogP contribution in [0.25, 0.3) is 10.9 Å². The summed E-state index contributed by atoms with van der Waals surface area (Å²) in [6.07, 6.45) is 1.89. The van der Waals surface area contributed by atoms with Gasteiger partial charge in [-0.3, -0.25) is 14.2 Å². The van der Waals surface area contributed by atoms with E-state index in [-0.39, 0.29) is 17.6 Å². The van der Waals surface area contributed by atoms with Crippen molar-refractivity contribution in [3.05, 3.63) is 70.5 Å². The lowest BCUT2D eigenvalue weighted by molar-refractivity contribution is -0.134. The molecular formula is C25H27N3O4S. The van der Waals surface area contributed by atoms with Crippen LogP contribution >= 0.6 is 11.8 Å². The molecule has 172 valence electrons. The van der Waals surface area contributed by atoms with Crippen LogP contribution in [0.15, 0.2) is 64.5 Å². The molecule has 3 heterocycles. The zero-order valence-corrected chi connectivity index (χ0v) is 19.2. The number of rotatable bonds is 6. The average molecular weight is 466 g/mol. The summed E-state index contributed by atoms with van der Waals surface area (Å²) in [6.45, 7) is 3.36. The second kappa shape index (κ2) is 10.1. The van der Waals surface area contributed by atoms with Crippen molar-refractivity contribution in [1.29, 1.82) is 0 Å². The van der Waals surface area contributed by atoms with Gasteiger partial charge in [-0.2, -0.15) is 0 Å². The molecule has 8 heteroatoms. The van der Waals surface area contributed by atoms with Gasteiger partial charge in [0.2, 0.25) is 5.91 Å². The van der Waals surface area contributed by atoms with Crippen molar-refractivity contribution in [3.63, 3.8) is 0 Å². The molecule has 0 saturated carbocycles. The Labute approximate surface area is 196 Å². The number of hydrogen-bond acceptors (Lipinski definition) is 6. The van der Waals surface area contributed by atoms with Crippen LogP contribution in [0.4, 0.5) is 0 Å². The Hall–Kier alpha value is -2.68. The highest BCUT2D eigenvalue weighted by Gasteiger charge is 2.30. The number of amides is 1. The molecule has 0 unspecified atom stereocenters. The molecule has 0 N–H and O–H groups in total. The van der Waals surface area contributed by atoms with Gasteiger partial charge in [0.25, 0.3) is 5.56 Å². The largest absolute Gasteiger partial charge is 0.378 e. The summed E-state index contributed by atoms with van der Waals surface area (Å²) in [7, 11) is 0. The van der Waals surface area contributed by atoms with E-state index in [0.29, 0.717) is 55.5 Å². The highest BCUT2D eigenvalue weighted by Crippen LogP contribution is 2.36. The zero-order chi connectivity index (χ0) is 22.6. The summed E-state index contributed by atoms with van der Waals surface area (Å²) in [6, 6.07) is 17.1. The number of carbonyl (C=O) groups excluding carboxylic acids is 1. The first-order valence-electron chi connectivity index (χ1n) is 11.4. The Bertz CT molecular complexity index is 1170. The van der Waals surface area contributed by atoms with E-state index in [9.17, 15) is 9.59 Å². The van der Waals surface area contributed by atoms with Gasteiger partial charge in [-0.25, -0.2) is 4.98 Å². The van der Waals surface area contributed by atoms with Crippen LogP contribution < -0.4 is 5.56 Å². The van der Waals surface area contributed by atoms with E-state index in [1.54, 1.807) is 10.6 Å². The SMILES string of the molecule is O=C([C@@H](Sc1nc2ccccc2c(=O)n1C[C@H]1CCCO1)c1ccccc1)N1CCOCC1. The van der Waals surface area contributed by atoms with Crippen LogP contribution in [-0.2, 0) is 20.8 Å². The topological polar surface area (TPSA) is 73.7 Å². The first kappa shape index (κ1) is 22.1. The Morgan fingerprint density at radius 2 is 1.82 bits per heavy atom. The highest BCUT2D eigenvalue weighted by molar-refractivity contribution is 8.00. The van der Waals surface area contributed by atoms with Crippen molar-refractivity contribution >= 4 is 28.6 Å². The van der Waals surface area contributed by atoms with E-state index in [0.717, 1.165) is 18.4 Å². The van der Waals surface area contributed by atoms with Crippen LogP contribution in [0.3, 0.4) is 0 Å². The number of hydrogen-bond donors (Lipinski definition) is 0. The number of para-hydroxylation sites is 1. The van der Waals surface area contributed by atoms with Gasteiger partial charge < -0.3 is 14.4 Å². The Morgan fingerprint density at radius 3 is 2.58 bits per heavy atom. The van der Waals surface area contributed by atoms with Crippen molar-refractivity contribution in [2.45, 2.75) is 35.9 Å². The minimum Gasteiger partial charge on any atom is -0.378 e. The minimum atomic E-state index is -0.506. The van der Waals surface area contributed by atoms with Crippen LogP contribution in [0.5, 0.6) is 0 Å². The maximum atomic E-state index is 13.6. The summed E-state index contributed by atoms with van der Waals surface area (Å²) in [4.78, 5) is 33.8. The Balaban J connectivity index is 1.56. The third-order valence-corrected chi connectivity index (χ3v) is 7.34. The Morgan fingerprint density at radius 1 is 1.06 bits per heavy atom. The molecule has 33 heavy (non-hydrogen) atoms. The summed E-state index contributed by atoms with van der Waals surface area (Å²) in [5.41, 5.74) is 1.44. The molecule has 0 spiro atoms. The molecule has 0 bridgehead atoms. The van der Waals surface area contributed by atoms with E-state index in [1.807, 2.05) is 53.4 Å². The number of benzene rings is 2. The van der Waals surface area contributed by atoms with E-state index in [1.165, 1.54) is 11.8 Å². The smallest absolute Gasteiger partial charge is 0.262 e. The van der Waals surface area contributed by atoms with Crippen molar-refractivity contribution in [3.8, 4) is 0 Å². The molecule has 2 fully saturated rings. The maximum absolute atomic E-state index is 13.6. The Kier molecular flexibility index (Phi) is 6.75. The van der Waals surface area contributed by atoms with Gasteiger partial charge in [0.15, 0.2) is 5.16 Å². The zero-order valence-electron chi connectivity index (χ0n) is 18.4. The number of fused-ring (bicyclic) bond motifs is 1. The number of ether oxygens (including phenoxy) is 2. The first-order valence-corrected chi connectivity index (χ1v) is 12.3. The van der Waals surface area contributed by atoms with Gasteiger partial charge in [0.1, 0.15) is 5.25 Å². The van der Waals surface area contributed by atoms with Crippen LogP contribution in [-0.4, -0.2) is 59.4 Å². The average Bonchev–Trinajstić information content (AvgIpc) is 3.39. The molecule has 2 aromatic carbocycles. The number of carbonyl (C=O) groups is 1. The second-order valence-corrected chi connectivity index (χ2v) is 9.38. The molecule has 2 saturated heterocycles. The van der Waals surface area contributed by atoms with Crippen molar-refractivity contribution in [2.75, 3.05) is 32.9 Å². The third kappa shape index (κ3) is 4.83. The normalized spacial score (nSPS) is 19.6. The first-order chi connectivity index (χ1) is 16.2. The van der Waals surface area contributed by atoms with Gasteiger partial charge in [-0.15, -0.1) is 0 Å². The standard InChI is InChI=1S/C25H27N3O4S/c29-23-20-10-4-5-11-21(20)26-25(28(23)17-19-9-6-14-32-19)33-22(18-7-2-1-3-8-18)24(30)27-12-15-31-16-13-27/h1-5,7-8,10-11,19,22H,6,9,12-17H2/t19-,22+/m1/s1. The molecule has 1 aromatic heterocycles. The van der Waals surface area contributed by atoms with Gasteiger partial charge in [0, 0.05) is 19.7 Å². The van der Waals surface area contributed by atoms with E-state index in [4.69, 9.17) is 14.5 Å². The monoisotopic (exact) mass is 465 g/mol. The lowest BCUT2D eigenvalue weighted by atomic mass is 10.1. The fraction of sp³-hybridized carbons (Fsp3) is 0.400. The predicted octanol–water partition coefficient (Wildman–Crippen LogP) is 3.27. The molecule has 7 nitrogen and oxygen atoms in total. The quantitative estimate of drug-likeness (QED) is 0.411. The lowest BCUT2D eigenvalue weighted by Crippen LogP contribution is -2.42. The van der Waals surface area contributed by atoms with Crippen LogP contribution in [0.2, 0.25) is 0 Å². The predicted molar refractivity (Wildman–Crippen MR) is 127 cm³/mol. The number of aromatic nitrogens is 2. The maximum Gasteiger partial charge on any atom is 0.262 e. The van der Waals surface area contributed by atoms with E-state index < -0.39 is 5.25 Å². The molecule has 3 aromatic rings. The number of nitrogens with zero attached hydrogens (tertiary/aromatic N) is 3. The molecular weight excluding hydrogens is 438 g/mol. The molecule has 1 amide bonds. The molecule has 2 aliphatic heterocycles. The lowest BCUT2D eigenvalue weighted by Gasteiger charge is -2.30. The molecule has 0 aliphatic carbocycles. The number of morpholine rings is 1. The van der Waals surface area contributed by atoms with Gasteiger partial charge >= 0.3 is 0 Å². The van der Waals surface area contributed by atoms with Gasteiger partial charge in [-0.1, -0.05) is 54.2 Å². The fourth-order valence-electron chi connectivity index (χ4n) is 4.33. The minimum absolute atomic E-state index is 0.0144. The van der Waals surface area contributed by atoms with Gasteiger partial charge in [0.05, 0.1) is 36.8 Å². The summed E-state index contributed by atoms with van der Waals surface area (Å²) >= 11 is 1.35.